The van der Waals surface area contributed by atoms with Crippen molar-refractivity contribution in [2.24, 2.45) is 0 Å². The lowest BCUT2D eigenvalue weighted by atomic mass is 9.97. The van der Waals surface area contributed by atoms with E-state index in [1.807, 2.05) is 31.2 Å². The molecule has 0 unspecified atom stereocenters. The zero-order chi connectivity index (χ0) is 15.8. The summed E-state index contributed by atoms with van der Waals surface area (Å²) in [6.07, 6.45) is 8.72. The van der Waals surface area contributed by atoms with E-state index >= 15 is 0 Å². The maximum atomic E-state index is 12.0. The maximum absolute atomic E-state index is 12.0. The van der Waals surface area contributed by atoms with Crippen molar-refractivity contribution < 1.29 is 4.79 Å². The van der Waals surface area contributed by atoms with Crippen LogP contribution in [0.3, 0.4) is 0 Å². The summed E-state index contributed by atoms with van der Waals surface area (Å²) in [7, 11) is 0. The fourth-order valence-corrected chi connectivity index (χ4v) is 2.88. The van der Waals surface area contributed by atoms with E-state index in [4.69, 9.17) is 12.2 Å². The number of carbonyl (C=O) groups excluding carboxylic acids is 1. The SMILES string of the molecule is Cc1ccccc1CC(=O)NC(=S)NCCC1=CCCCC1. The molecule has 0 aromatic heterocycles. The second-order valence-corrected chi connectivity index (χ2v) is 6.17. The van der Waals surface area contributed by atoms with Gasteiger partial charge in [-0.3, -0.25) is 4.79 Å². The van der Waals surface area contributed by atoms with Crippen molar-refractivity contribution in [3.63, 3.8) is 0 Å². The van der Waals surface area contributed by atoms with Crippen LogP contribution in [0.1, 0.15) is 43.2 Å². The Bertz CT molecular complexity index is 566. The van der Waals surface area contributed by atoms with E-state index in [0.717, 1.165) is 24.1 Å². The fourth-order valence-electron chi connectivity index (χ4n) is 2.66. The normalized spacial score (nSPS) is 14.1. The number of rotatable bonds is 5. The van der Waals surface area contributed by atoms with Gasteiger partial charge < -0.3 is 10.6 Å². The van der Waals surface area contributed by atoms with E-state index < -0.39 is 0 Å². The Morgan fingerprint density at radius 1 is 1.27 bits per heavy atom. The lowest BCUT2D eigenvalue weighted by Gasteiger charge is -2.14. The molecule has 1 amide bonds. The third-order valence-electron chi connectivity index (χ3n) is 3.98. The van der Waals surface area contributed by atoms with Gasteiger partial charge >= 0.3 is 0 Å². The molecule has 0 aliphatic heterocycles. The number of nitrogens with one attached hydrogen (secondary N) is 2. The van der Waals surface area contributed by atoms with Crippen molar-refractivity contribution in [3.8, 4) is 0 Å². The molecule has 0 heterocycles. The van der Waals surface area contributed by atoms with Gasteiger partial charge in [0.15, 0.2) is 5.11 Å². The molecule has 0 spiro atoms. The number of aryl methyl sites for hydroxylation is 1. The van der Waals surface area contributed by atoms with Crippen LogP contribution in [0.15, 0.2) is 35.9 Å². The van der Waals surface area contributed by atoms with Crippen LogP contribution in [0.25, 0.3) is 0 Å². The molecule has 22 heavy (non-hydrogen) atoms. The van der Waals surface area contributed by atoms with Gasteiger partial charge in [-0.1, -0.05) is 35.9 Å². The molecule has 1 aromatic rings. The fraction of sp³-hybridized carbons (Fsp3) is 0.444. The van der Waals surface area contributed by atoms with Gasteiger partial charge in [-0.05, 0) is 62.4 Å². The van der Waals surface area contributed by atoms with Crippen molar-refractivity contribution in [3.05, 3.63) is 47.0 Å². The highest BCUT2D eigenvalue weighted by atomic mass is 32.1. The van der Waals surface area contributed by atoms with E-state index in [-0.39, 0.29) is 5.91 Å². The van der Waals surface area contributed by atoms with Crippen LogP contribution >= 0.6 is 12.2 Å². The third kappa shape index (κ3) is 5.60. The first-order valence-electron chi connectivity index (χ1n) is 7.95. The lowest BCUT2D eigenvalue weighted by Crippen LogP contribution is -2.40. The lowest BCUT2D eigenvalue weighted by molar-refractivity contribution is -0.119. The second kappa shape index (κ2) is 8.69. The Morgan fingerprint density at radius 3 is 2.82 bits per heavy atom. The van der Waals surface area contributed by atoms with Gasteiger partial charge in [-0.25, -0.2) is 0 Å². The summed E-state index contributed by atoms with van der Waals surface area (Å²) >= 11 is 5.18. The number of hydrogen-bond acceptors (Lipinski definition) is 2. The third-order valence-corrected chi connectivity index (χ3v) is 4.23. The second-order valence-electron chi connectivity index (χ2n) is 5.77. The Balaban J connectivity index is 1.69. The number of carbonyl (C=O) groups is 1. The molecule has 0 saturated heterocycles. The van der Waals surface area contributed by atoms with Crippen LogP contribution < -0.4 is 10.6 Å². The van der Waals surface area contributed by atoms with Crippen LogP contribution in [0.5, 0.6) is 0 Å². The zero-order valence-electron chi connectivity index (χ0n) is 13.2. The summed E-state index contributed by atoms with van der Waals surface area (Å²) in [6.45, 7) is 2.80. The van der Waals surface area contributed by atoms with Gasteiger partial charge in [0.05, 0.1) is 6.42 Å². The summed E-state index contributed by atoms with van der Waals surface area (Å²) in [5, 5.41) is 6.30. The smallest absolute Gasteiger partial charge is 0.230 e. The first-order valence-corrected chi connectivity index (χ1v) is 8.36. The molecule has 2 rings (SSSR count). The Labute approximate surface area is 138 Å². The molecular weight excluding hydrogens is 292 g/mol. The quantitative estimate of drug-likeness (QED) is 0.646. The molecule has 0 saturated carbocycles. The van der Waals surface area contributed by atoms with Crippen molar-refractivity contribution in [1.82, 2.24) is 10.6 Å². The predicted octanol–water partition coefficient (Wildman–Crippen LogP) is 3.42. The number of benzene rings is 1. The number of hydrogen-bond donors (Lipinski definition) is 2. The minimum Gasteiger partial charge on any atom is -0.362 e. The molecular formula is C18H24N2OS. The van der Waals surface area contributed by atoms with Crippen molar-refractivity contribution in [2.45, 2.75) is 45.4 Å². The molecule has 1 aliphatic carbocycles. The summed E-state index contributed by atoms with van der Waals surface area (Å²) in [4.78, 5) is 12.0. The number of allylic oxidation sites excluding steroid dienone is 1. The molecule has 3 nitrogen and oxygen atoms in total. The maximum Gasteiger partial charge on any atom is 0.230 e. The van der Waals surface area contributed by atoms with Gasteiger partial charge in [0.25, 0.3) is 0 Å². The molecule has 4 heteroatoms. The number of amides is 1. The van der Waals surface area contributed by atoms with E-state index in [0.29, 0.717) is 11.5 Å². The van der Waals surface area contributed by atoms with E-state index in [2.05, 4.69) is 16.7 Å². The molecule has 1 aromatic carbocycles. The van der Waals surface area contributed by atoms with Gasteiger partial charge in [0, 0.05) is 6.54 Å². The highest BCUT2D eigenvalue weighted by molar-refractivity contribution is 7.80. The number of thiocarbonyl (C=S) groups is 1. The van der Waals surface area contributed by atoms with Gasteiger partial charge in [0.1, 0.15) is 0 Å². The first-order chi connectivity index (χ1) is 10.6. The van der Waals surface area contributed by atoms with Crippen LogP contribution in [-0.4, -0.2) is 17.6 Å². The Morgan fingerprint density at radius 2 is 2.09 bits per heavy atom. The van der Waals surface area contributed by atoms with Gasteiger partial charge in [0.2, 0.25) is 5.91 Å². The van der Waals surface area contributed by atoms with Crippen molar-refractivity contribution >= 4 is 23.2 Å². The topological polar surface area (TPSA) is 41.1 Å². The minimum absolute atomic E-state index is 0.0660. The Hall–Kier alpha value is -1.68. The monoisotopic (exact) mass is 316 g/mol. The molecule has 118 valence electrons. The van der Waals surface area contributed by atoms with Gasteiger partial charge in [-0.15, -0.1) is 0 Å². The largest absolute Gasteiger partial charge is 0.362 e. The van der Waals surface area contributed by atoms with Crippen LogP contribution in [-0.2, 0) is 11.2 Å². The van der Waals surface area contributed by atoms with E-state index in [1.54, 1.807) is 0 Å². The highest BCUT2D eigenvalue weighted by Crippen LogP contribution is 2.19. The summed E-state index contributed by atoms with van der Waals surface area (Å²) < 4.78 is 0. The predicted molar refractivity (Wildman–Crippen MR) is 94.8 cm³/mol. The summed E-state index contributed by atoms with van der Waals surface area (Å²) in [5.41, 5.74) is 3.67. The standard InChI is InChI=1S/C18H24N2OS/c1-14-7-5-6-10-16(14)13-17(21)20-18(22)19-12-11-15-8-3-2-4-9-15/h5-8,10H,2-4,9,11-13H2,1H3,(H2,19,20,21,22). The molecule has 0 bridgehead atoms. The van der Waals surface area contributed by atoms with Crippen LogP contribution in [0.4, 0.5) is 0 Å². The average molecular weight is 316 g/mol. The molecule has 2 N–H and O–H groups in total. The van der Waals surface area contributed by atoms with Crippen molar-refractivity contribution in [2.75, 3.05) is 6.54 Å². The van der Waals surface area contributed by atoms with Gasteiger partial charge in [-0.2, -0.15) is 0 Å². The summed E-state index contributed by atoms with van der Waals surface area (Å²) in [5.74, 6) is -0.0660. The first kappa shape index (κ1) is 16.7. The molecule has 1 aliphatic rings. The van der Waals surface area contributed by atoms with E-state index in [9.17, 15) is 4.79 Å². The minimum atomic E-state index is -0.0660. The highest BCUT2D eigenvalue weighted by Gasteiger charge is 2.08. The van der Waals surface area contributed by atoms with Crippen LogP contribution in [0.2, 0.25) is 0 Å². The summed E-state index contributed by atoms with van der Waals surface area (Å²) in [6, 6.07) is 7.91. The van der Waals surface area contributed by atoms with Crippen molar-refractivity contribution in [1.29, 1.82) is 0 Å². The van der Waals surface area contributed by atoms with Crippen LogP contribution in [0, 0.1) is 6.92 Å². The Kier molecular flexibility index (Phi) is 6.59. The van der Waals surface area contributed by atoms with E-state index in [1.165, 1.54) is 31.3 Å². The molecule has 0 atom stereocenters. The molecule has 0 radical (unpaired) electrons. The zero-order valence-corrected chi connectivity index (χ0v) is 14.0. The molecule has 0 fully saturated rings. The average Bonchev–Trinajstić information content (AvgIpc) is 2.50.